The van der Waals surface area contributed by atoms with E-state index in [0.717, 1.165) is 5.56 Å². The van der Waals surface area contributed by atoms with Crippen LogP contribution >= 0.6 is 11.6 Å². The smallest absolute Gasteiger partial charge is 0.265 e. The normalized spacial score (nSPS) is 12.6. The number of rotatable bonds is 5. The van der Waals surface area contributed by atoms with E-state index in [9.17, 15) is 14.4 Å². The van der Waals surface area contributed by atoms with Gasteiger partial charge in [0.2, 0.25) is 5.91 Å². The second kappa shape index (κ2) is 9.11. The van der Waals surface area contributed by atoms with Crippen LogP contribution in [0.1, 0.15) is 15.9 Å². The Morgan fingerprint density at radius 1 is 1.03 bits per heavy atom. The number of anilines is 3. The van der Waals surface area contributed by atoms with Crippen LogP contribution in [0, 0.1) is 6.92 Å². The molecular weight excluding hydrogens is 430 g/mol. The van der Waals surface area contributed by atoms with E-state index >= 15 is 0 Å². The zero-order valence-corrected chi connectivity index (χ0v) is 18.0. The fourth-order valence-corrected chi connectivity index (χ4v) is 3.56. The Kier molecular flexibility index (Phi) is 6.09. The Hall–Kier alpha value is -3.84. The number of carbonyl (C=O) groups is 3. The van der Waals surface area contributed by atoms with E-state index in [-0.39, 0.29) is 25.0 Å². The molecule has 0 aliphatic carbocycles. The summed E-state index contributed by atoms with van der Waals surface area (Å²) in [5, 5.41) is 5.99. The molecule has 4 rings (SSSR count). The van der Waals surface area contributed by atoms with E-state index in [0.29, 0.717) is 33.4 Å². The highest BCUT2D eigenvalue weighted by molar-refractivity contribution is 6.31. The summed E-state index contributed by atoms with van der Waals surface area (Å²) in [4.78, 5) is 39.3. The third-order valence-electron chi connectivity index (χ3n) is 4.89. The number of hydrogen-bond donors (Lipinski definition) is 2. The van der Waals surface area contributed by atoms with E-state index in [1.54, 1.807) is 48.5 Å². The van der Waals surface area contributed by atoms with E-state index in [4.69, 9.17) is 16.3 Å². The molecule has 3 aromatic carbocycles. The summed E-state index contributed by atoms with van der Waals surface area (Å²) in [6.45, 7) is 1.52. The van der Waals surface area contributed by atoms with Crippen molar-refractivity contribution in [2.24, 2.45) is 0 Å². The predicted octanol–water partition coefficient (Wildman–Crippen LogP) is 4.26. The van der Waals surface area contributed by atoms with Crippen molar-refractivity contribution in [3.8, 4) is 5.75 Å². The molecule has 1 aliphatic heterocycles. The Morgan fingerprint density at radius 3 is 2.66 bits per heavy atom. The molecule has 2 N–H and O–H groups in total. The van der Waals surface area contributed by atoms with E-state index < -0.39 is 5.91 Å². The first kappa shape index (κ1) is 21.4. The first-order valence-electron chi connectivity index (χ1n) is 9.90. The highest BCUT2D eigenvalue weighted by Gasteiger charge is 2.28. The minimum Gasteiger partial charge on any atom is -0.482 e. The molecule has 8 heteroatoms. The number of aryl methyl sites for hydroxylation is 1. The van der Waals surface area contributed by atoms with Crippen LogP contribution in [0.25, 0.3) is 0 Å². The quantitative estimate of drug-likeness (QED) is 0.609. The van der Waals surface area contributed by atoms with Crippen LogP contribution in [0.2, 0.25) is 5.02 Å². The van der Waals surface area contributed by atoms with Crippen LogP contribution in [0.5, 0.6) is 5.75 Å². The number of halogens is 1. The van der Waals surface area contributed by atoms with Gasteiger partial charge in [-0.25, -0.2) is 0 Å². The van der Waals surface area contributed by atoms with Crippen LogP contribution in [0.3, 0.4) is 0 Å². The molecule has 1 heterocycles. The third kappa shape index (κ3) is 4.73. The highest BCUT2D eigenvalue weighted by Crippen LogP contribution is 2.34. The average Bonchev–Trinajstić information content (AvgIpc) is 2.76. The Balaban J connectivity index is 1.51. The molecule has 32 heavy (non-hydrogen) atoms. The molecule has 0 atom stereocenters. The summed E-state index contributed by atoms with van der Waals surface area (Å²) in [6, 6.07) is 19.0. The number of fused-ring (bicyclic) bond motifs is 1. The molecule has 0 saturated carbocycles. The van der Waals surface area contributed by atoms with Crippen molar-refractivity contribution < 1.29 is 19.1 Å². The molecule has 0 saturated heterocycles. The van der Waals surface area contributed by atoms with E-state index in [2.05, 4.69) is 10.6 Å². The molecular formula is C24H20ClN3O4. The Labute approximate surface area is 189 Å². The zero-order chi connectivity index (χ0) is 22.7. The van der Waals surface area contributed by atoms with E-state index in [1.807, 2.05) is 25.1 Å². The maximum absolute atomic E-state index is 12.8. The molecule has 1 aliphatic rings. The number of nitrogens with zero attached hydrogens (tertiary/aromatic N) is 1. The van der Waals surface area contributed by atoms with Gasteiger partial charge in [0.05, 0.1) is 16.9 Å². The number of nitrogens with one attached hydrogen (secondary N) is 2. The molecule has 0 fully saturated rings. The second-order valence-corrected chi connectivity index (χ2v) is 7.73. The fraction of sp³-hybridized carbons (Fsp3) is 0.125. The third-order valence-corrected chi connectivity index (χ3v) is 5.12. The minimum absolute atomic E-state index is 0.169. The van der Waals surface area contributed by atoms with Crippen molar-refractivity contribution in [1.29, 1.82) is 0 Å². The van der Waals surface area contributed by atoms with Gasteiger partial charge in [-0.3, -0.25) is 19.3 Å². The second-order valence-electron chi connectivity index (χ2n) is 7.30. The van der Waals surface area contributed by atoms with E-state index in [1.165, 1.54) is 4.90 Å². The van der Waals surface area contributed by atoms with Crippen LogP contribution in [0.15, 0.2) is 66.7 Å². The van der Waals surface area contributed by atoms with Crippen molar-refractivity contribution in [2.75, 3.05) is 28.7 Å². The van der Waals surface area contributed by atoms with Crippen LogP contribution in [-0.2, 0) is 9.59 Å². The molecule has 162 valence electrons. The molecule has 0 unspecified atom stereocenters. The van der Waals surface area contributed by atoms with Crippen molar-refractivity contribution in [1.82, 2.24) is 0 Å². The summed E-state index contributed by atoms with van der Waals surface area (Å²) >= 11 is 6.05. The molecule has 3 aromatic rings. The lowest BCUT2D eigenvalue weighted by Gasteiger charge is -2.29. The Morgan fingerprint density at radius 2 is 1.84 bits per heavy atom. The first-order valence-corrected chi connectivity index (χ1v) is 10.3. The first-order chi connectivity index (χ1) is 15.4. The van der Waals surface area contributed by atoms with Gasteiger partial charge in [0, 0.05) is 10.7 Å². The van der Waals surface area contributed by atoms with Gasteiger partial charge in [-0.1, -0.05) is 35.9 Å². The van der Waals surface area contributed by atoms with Gasteiger partial charge >= 0.3 is 0 Å². The van der Waals surface area contributed by atoms with Crippen molar-refractivity contribution in [2.45, 2.75) is 6.92 Å². The van der Waals surface area contributed by atoms with Crippen molar-refractivity contribution in [3.63, 3.8) is 0 Å². The van der Waals surface area contributed by atoms with Crippen LogP contribution < -0.4 is 20.3 Å². The molecule has 0 bridgehead atoms. The zero-order valence-electron chi connectivity index (χ0n) is 17.2. The number of para-hydroxylation sites is 1. The topological polar surface area (TPSA) is 87.7 Å². The lowest BCUT2D eigenvalue weighted by molar-refractivity contribution is -0.123. The minimum atomic E-state index is -0.456. The largest absolute Gasteiger partial charge is 0.482 e. The lowest BCUT2D eigenvalue weighted by Crippen LogP contribution is -2.43. The number of hydrogen-bond acceptors (Lipinski definition) is 4. The number of amides is 3. The summed E-state index contributed by atoms with van der Waals surface area (Å²) in [5.41, 5.74) is 2.74. The number of carbonyl (C=O) groups excluding carboxylic acids is 3. The van der Waals surface area contributed by atoms with Crippen molar-refractivity contribution >= 4 is 46.4 Å². The van der Waals surface area contributed by atoms with Gasteiger partial charge in [0.25, 0.3) is 11.8 Å². The number of ether oxygens (including phenoxy) is 1. The maximum Gasteiger partial charge on any atom is 0.265 e. The summed E-state index contributed by atoms with van der Waals surface area (Å²) in [6.07, 6.45) is 0. The van der Waals surface area contributed by atoms with Crippen LogP contribution in [0.4, 0.5) is 17.1 Å². The standard InChI is InChI=1S/C24H20ClN3O4/c1-15-5-4-6-17(11-15)26-24(31)18-7-2-3-8-19(18)27-22(29)13-28-20-12-16(25)9-10-21(20)32-14-23(28)30/h2-12H,13-14H2,1H3,(H,26,31)(H,27,29). The monoisotopic (exact) mass is 449 g/mol. The van der Waals surface area contributed by atoms with Gasteiger partial charge in [-0.2, -0.15) is 0 Å². The maximum atomic E-state index is 12.8. The van der Waals surface area contributed by atoms with Gasteiger partial charge in [-0.05, 0) is 55.0 Å². The average molecular weight is 450 g/mol. The van der Waals surface area contributed by atoms with Gasteiger partial charge in [0.15, 0.2) is 6.61 Å². The predicted molar refractivity (Wildman–Crippen MR) is 124 cm³/mol. The summed E-state index contributed by atoms with van der Waals surface area (Å²) in [5.74, 6) is -0.701. The van der Waals surface area contributed by atoms with Gasteiger partial charge < -0.3 is 15.4 Å². The lowest BCUT2D eigenvalue weighted by atomic mass is 10.1. The van der Waals surface area contributed by atoms with Crippen LogP contribution in [-0.4, -0.2) is 30.9 Å². The van der Waals surface area contributed by atoms with Gasteiger partial charge in [0.1, 0.15) is 12.3 Å². The molecule has 7 nitrogen and oxygen atoms in total. The highest BCUT2D eigenvalue weighted by atomic mass is 35.5. The summed E-state index contributed by atoms with van der Waals surface area (Å²) in [7, 11) is 0. The Bertz CT molecular complexity index is 1210. The SMILES string of the molecule is Cc1cccc(NC(=O)c2ccccc2NC(=O)CN2C(=O)COc3ccc(Cl)cc32)c1. The summed E-state index contributed by atoms with van der Waals surface area (Å²) < 4.78 is 5.40. The molecule has 0 spiro atoms. The molecule has 0 radical (unpaired) electrons. The molecule has 0 aromatic heterocycles. The van der Waals surface area contributed by atoms with Gasteiger partial charge in [-0.15, -0.1) is 0 Å². The van der Waals surface area contributed by atoms with Crippen molar-refractivity contribution in [3.05, 3.63) is 82.9 Å². The molecule has 3 amide bonds. The number of benzene rings is 3. The fourth-order valence-electron chi connectivity index (χ4n) is 3.39.